The summed E-state index contributed by atoms with van der Waals surface area (Å²) < 4.78 is 13.3. The highest BCUT2D eigenvalue weighted by molar-refractivity contribution is 5.93. The molecule has 1 heterocycles. The van der Waals surface area contributed by atoms with E-state index in [2.05, 4.69) is 42.0 Å². The van der Waals surface area contributed by atoms with Crippen molar-refractivity contribution < 1.29 is 4.39 Å². The quantitative estimate of drug-likeness (QED) is 0.669. The van der Waals surface area contributed by atoms with Gasteiger partial charge in [-0.1, -0.05) is 26.0 Å². The molecule has 21 heavy (non-hydrogen) atoms. The van der Waals surface area contributed by atoms with Gasteiger partial charge in [-0.25, -0.2) is 14.4 Å². The van der Waals surface area contributed by atoms with E-state index in [9.17, 15) is 4.39 Å². The molecule has 0 spiro atoms. The highest BCUT2D eigenvalue weighted by Gasteiger charge is 2.10. The monoisotopic (exact) mass is 280 g/mol. The van der Waals surface area contributed by atoms with E-state index >= 15 is 0 Å². The topological polar surface area (TPSA) is 25.8 Å². The summed E-state index contributed by atoms with van der Waals surface area (Å²) in [6.45, 7) is 6.22. The third-order valence-electron chi connectivity index (χ3n) is 3.77. The molecular weight excluding hydrogens is 263 g/mol. The molecule has 0 atom stereocenters. The van der Waals surface area contributed by atoms with Gasteiger partial charge in [0, 0.05) is 10.9 Å². The largest absolute Gasteiger partial charge is 0.236 e. The molecule has 0 aliphatic heterocycles. The lowest BCUT2D eigenvalue weighted by atomic mass is 9.98. The Labute approximate surface area is 123 Å². The van der Waals surface area contributed by atoms with Crippen molar-refractivity contribution in [3.63, 3.8) is 0 Å². The predicted molar refractivity (Wildman–Crippen MR) is 83.8 cm³/mol. The van der Waals surface area contributed by atoms with E-state index in [-0.39, 0.29) is 5.82 Å². The van der Waals surface area contributed by atoms with Crippen molar-refractivity contribution in [2.24, 2.45) is 0 Å². The lowest BCUT2D eigenvalue weighted by Crippen LogP contribution is -1.94. The number of rotatable bonds is 2. The Morgan fingerprint density at radius 2 is 1.81 bits per heavy atom. The highest BCUT2D eigenvalue weighted by Crippen LogP contribution is 2.29. The van der Waals surface area contributed by atoms with Gasteiger partial charge in [-0.3, -0.25) is 0 Å². The lowest BCUT2D eigenvalue weighted by Gasteiger charge is -2.10. The molecule has 0 N–H and O–H groups in total. The van der Waals surface area contributed by atoms with Crippen LogP contribution >= 0.6 is 0 Å². The molecule has 3 heteroatoms. The van der Waals surface area contributed by atoms with Crippen LogP contribution in [0.2, 0.25) is 0 Å². The lowest BCUT2D eigenvalue weighted by molar-refractivity contribution is 0.627. The molecule has 0 saturated heterocycles. The van der Waals surface area contributed by atoms with Gasteiger partial charge in [-0.2, -0.15) is 0 Å². The summed E-state index contributed by atoms with van der Waals surface area (Å²) in [7, 11) is 0. The van der Waals surface area contributed by atoms with Gasteiger partial charge in [-0.05, 0) is 48.2 Å². The molecule has 2 nitrogen and oxygen atoms in total. The Morgan fingerprint density at radius 3 is 2.52 bits per heavy atom. The first-order chi connectivity index (χ1) is 10.1. The Bertz CT molecular complexity index is 809. The highest BCUT2D eigenvalue weighted by atomic mass is 19.1. The van der Waals surface area contributed by atoms with Crippen molar-refractivity contribution in [1.82, 2.24) is 9.97 Å². The van der Waals surface area contributed by atoms with Gasteiger partial charge in [0.25, 0.3) is 0 Å². The normalized spacial score (nSPS) is 11.3. The number of aromatic nitrogens is 2. The zero-order valence-electron chi connectivity index (χ0n) is 12.4. The number of aryl methyl sites for hydroxylation is 1. The minimum Gasteiger partial charge on any atom is -0.236 e. The smallest absolute Gasteiger partial charge is 0.123 e. The maximum Gasteiger partial charge on any atom is 0.123 e. The summed E-state index contributed by atoms with van der Waals surface area (Å²) in [6.07, 6.45) is 1.57. The summed E-state index contributed by atoms with van der Waals surface area (Å²) >= 11 is 0. The van der Waals surface area contributed by atoms with E-state index in [4.69, 9.17) is 0 Å². The van der Waals surface area contributed by atoms with Crippen molar-refractivity contribution >= 4 is 10.9 Å². The first kappa shape index (κ1) is 13.7. The number of nitrogens with zero attached hydrogens (tertiary/aromatic N) is 2. The van der Waals surface area contributed by atoms with Crippen molar-refractivity contribution in [3.8, 4) is 11.3 Å². The molecule has 0 unspecified atom stereocenters. The van der Waals surface area contributed by atoms with Crippen LogP contribution in [0.15, 0.2) is 42.7 Å². The van der Waals surface area contributed by atoms with Gasteiger partial charge in [0.05, 0.1) is 11.2 Å². The predicted octanol–water partition coefficient (Wildman–Crippen LogP) is 4.87. The Morgan fingerprint density at radius 1 is 1.00 bits per heavy atom. The van der Waals surface area contributed by atoms with E-state index in [1.807, 2.05) is 6.92 Å². The molecule has 2 aromatic carbocycles. The first-order valence-corrected chi connectivity index (χ1v) is 7.07. The molecule has 0 aliphatic rings. The second-order valence-electron chi connectivity index (χ2n) is 5.61. The number of benzene rings is 2. The second kappa shape index (κ2) is 5.24. The van der Waals surface area contributed by atoms with Gasteiger partial charge in [0.2, 0.25) is 0 Å². The second-order valence-corrected chi connectivity index (χ2v) is 5.61. The van der Waals surface area contributed by atoms with Crippen molar-refractivity contribution in [2.75, 3.05) is 0 Å². The van der Waals surface area contributed by atoms with E-state index in [0.29, 0.717) is 5.92 Å². The third kappa shape index (κ3) is 2.51. The number of hydrogen-bond acceptors (Lipinski definition) is 2. The van der Waals surface area contributed by atoms with Gasteiger partial charge in [-0.15, -0.1) is 0 Å². The van der Waals surface area contributed by atoms with Crippen LogP contribution in [0.25, 0.3) is 22.2 Å². The zero-order chi connectivity index (χ0) is 15.0. The molecule has 0 radical (unpaired) electrons. The van der Waals surface area contributed by atoms with Crippen LogP contribution in [0.4, 0.5) is 4.39 Å². The minimum absolute atomic E-state index is 0.225. The third-order valence-corrected chi connectivity index (χ3v) is 3.77. The molecule has 0 aliphatic carbocycles. The average Bonchev–Trinajstić information content (AvgIpc) is 2.46. The van der Waals surface area contributed by atoms with Crippen LogP contribution in [0, 0.1) is 12.7 Å². The molecular formula is C18H17FN2. The fourth-order valence-corrected chi connectivity index (χ4v) is 2.54. The standard InChI is InChI=1S/C18H17FN2/c1-11(2)13-4-6-16-17(9-13)20-10-21-18(16)15-7-5-14(19)8-12(15)3/h4-11H,1-3H3. The van der Waals surface area contributed by atoms with Crippen LogP contribution < -0.4 is 0 Å². The Hall–Kier alpha value is -2.29. The summed E-state index contributed by atoms with van der Waals surface area (Å²) in [5.74, 6) is 0.233. The maximum atomic E-state index is 13.3. The summed E-state index contributed by atoms with van der Waals surface area (Å²) in [5.41, 5.74) is 4.86. The van der Waals surface area contributed by atoms with Crippen LogP contribution in [0.1, 0.15) is 30.9 Å². The molecule has 3 aromatic rings. The first-order valence-electron chi connectivity index (χ1n) is 7.07. The average molecular weight is 280 g/mol. The van der Waals surface area contributed by atoms with E-state index in [0.717, 1.165) is 27.7 Å². The maximum absolute atomic E-state index is 13.3. The summed E-state index contributed by atoms with van der Waals surface area (Å²) in [5, 5.41) is 0.997. The molecule has 0 fully saturated rings. The van der Waals surface area contributed by atoms with E-state index < -0.39 is 0 Å². The van der Waals surface area contributed by atoms with Crippen LogP contribution in [0.5, 0.6) is 0 Å². The number of hydrogen-bond donors (Lipinski definition) is 0. The zero-order valence-corrected chi connectivity index (χ0v) is 12.4. The molecule has 0 saturated carbocycles. The number of halogens is 1. The Kier molecular flexibility index (Phi) is 3.42. The number of fused-ring (bicyclic) bond motifs is 1. The van der Waals surface area contributed by atoms with Gasteiger partial charge >= 0.3 is 0 Å². The van der Waals surface area contributed by atoms with Gasteiger partial charge < -0.3 is 0 Å². The Balaban J connectivity index is 2.23. The summed E-state index contributed by atoms with van der Waals surface area (Å²) in [6, 6.07) is 11.1. The summed E-state index contributed by atoms with van der Waals surface area (Å²) in [4.78, 5) is 8.78. The molecule has 0 bridgehead atoms. The molecule has 106 valence electrons. The molecule has 1 aromatic heterocycles. The molecule has 3 rings (SSSR count). The van der Waals surface area contributed by atoms with Crippen molar-refractivity contribution in [1.29, 1.82) is 0 Å². The fraction of sp³-hybridized carbons (Fsp3) is 0.222. The minimum atomic E-state index is -0.225. The SMILES string of the molecule is Cc1cc(F)ccc1-c1ncnc2cc(C(C)C)ccc12. The van der Waals surface area contributed by atoms with E-state index in [1.165, 1.54) is 17.7 Å². The van der Waals surface area contributed by atoms with Crippen molar-refractivity contribution in [2.45, 2.75) is 26.7 Å². The van der Waals surface area contributed by atoms with Crippen molar-refractivity contribution in [3.05, 3.63) is 59.7 Å². The van der Waals surface area contributed by atoms with Gasteiger partial charge in [0.1, 0.15) is 12.1 Å². The van der Waals surface area contributed by atoms with E-state index in [1.54, 1.807) is 12.4 Å². The van der Waals surface area contributed by atoms with Crippen LogP contribution in [-0.4, -0.2) is 9.97 Å². The van der Waals surface area contributed by atoms with Gasteiger partial charge in [0.15, 0.2) is 0 Å². The fourth-order valence-electron chi connectivity index (χ4n) is 2.54. The van der Waals surface area contributed by atoms with Crippen LogP contribution in [-0.2, 0) is 0 Å². The van der Waals surface area contributed by atoms with Crippen LogP contribution in [0.3, 0.4) is 0 Å². The molecule has 0 amide bonds.